The molecule has 0 spiro atoms. The molecule has 0 radical (unpaired) electrons. The van der Waals surface area contributed by atoms with Crippen LogP contribution in [0.4, 0.5) is 0 Å². The molecule has 0 bridgehead atoms. The van der Waals surface area contributed by atoms with Crippen LogP contribution in [0.1, 0.15) is 38.0 Å². The van der Waals surface area contributed by atoms with Crippen molar-refractivity contribution in [3.8, 4) is 28.5 Å². The van der Waals surface area contributed by atoms with Crippen LogP contribution in [0.2, 0.25) is 0 Å². The van der Waals surface area contributed by atoms with Crippen molar-refractivity contribution < 1.29 is 19.0 Å². The highest BCUT2D eigenvalue weighted by Crippen LogP contribution is 2.28. The Morgan fingerprint density at radius 1 is 1.43 bits per heavy atom. The number of carbonyl (C=O) groups excluding carboxylic acids is 1. The van der Waals surface area contributed by atoms with Gasteiger partial charge in [0.2, 0.25) is 5.91 Å². The molecule has 1 amide bonds. The second kappa shape index (κ2) is 10.1. The van der Waals surface area contributed by atoms with Gasteiger partial charge in [-0.05, 0) is 38.3 Å². The van der Waals surface area contributed by atoms with Crippen molar-refractivity contribution in [1.82, 2.24) is 10.3 Å². The van der Waals surface area contributed by atoms with Crippen molar-refractivity contribution in [3.63, 3.8) is 0 Å². The maximum atomic E-state index is 11.0. The Bertz CT molecular complexity index is 849. The maximum Gasteiger partial charge on any atom is 0.279 e. The molecular formula is C21H24N2O4S. The zero-order valence-electron chi connectivity index (χ0n) is 16.1. The van der Waals surface area contributed by atoms with Crippen LogP contribution in [0.15, 0.2) is 30.5 Å². The number of hydrogen-bond acceptors (Lipinski definition) is 6. The molecule has 1 aliphatic rings. The fraction of sp³-hybridized carbons (Fsp3) is 0.429. The minimum Gasteiger partial charge on any atom is -0.491 e. The third-order valence-corrected chi connectivity index (χ3v) is 4.83. The Labute approximate surface area is 169 Å². The van der Waals surface area contributed by atoms with Crippen molar-refractivity contribution in [2.75, 3.05) is 13.2 Å². The van der Waals surface area contributed by atoms with Gasteiger partial charge in [-0.2, -0.15) is 0 Å². The van der Waals surface area contributed by atoms with Gasteiger partial charge in [-0.25, -0.2) is 4.98 Å². The summed E-state index contributed by atoms with van der Waals surface area (Å²) in [7, 11) is 0. The number of benzene rings is 1. The normalized spacial score (nSPS) is 17.1. The molecule has 6 nitrogen and oxygen atoms in total. The van der Waals surface area contributed by atoms with Gasteiger partial charge in [0.05, 0.1) is 18.3 Å². The van der Waals surface area contributed by atoms with Gasteiger partial charge in [-0.1, -0.05) is 29.2 Å². The first-order chi connectivity index (χ1) is 13.6. The highest BCUT2D eigenvalue weighted by atomic mass is 32.1. The highest BCUT2D eigenvalue weighted by molar-refractivity contribution is 7.13. The number of carbonyl (C=O) groups is 1. The number of amides is 1. The van der Waals surface area contributed by atoms with Crippen molar-refractivity contribution in [3.05, 3.63) is 35.3 Å². The third-order valence-electron chi connectivity index (χ3n) is 4.04. The average molecular weight is 401 g/mol. The van der Waals surface area contributed by atoms with Gasteiger partial charge in [0.25, 0.3) is 5.19 Å². The molecule has 2 heterocycles. The van der Waals surface area contributed by atoms with E-state index in [-0.39, 0.29) is 18.1 Å². The van der Waals surface area contributed by atoms with E-state index in [0.29, 0.717) is 17.6 Å². The largest absolute Gasteiger partial charge is 0.491 e. The molecular weight excluding hydrogens is 376 g/mol. The number of ether oxygens (including phenoxy) is 3. The summed E-state index contributed by atoms with van der Waals surface area (Å²) in [4.78, 5) is 16.0. The van der Waals surface area contributed by atoms with Gasteiger partial charge < -0.3 is 19.5 Å². The molecule has 1 N–H and O–H groups in total. The summed E-state index contributed by atoms with van der Waals surface area (Å²) in [6, 6.07) is 7.27. The molecule has 2 aromatic rings. The second-order valence-corrected chi connectivity index (χ2v) is 7.55. The van der Waals surface area contributed by atoms with Gasteiger partial charge >= 0.3 is 0 Å². The van der Waals surface area contributed by atoms with Crippen LogP contribution in [-0.4, -0.2) is 36.3 Å². The molecule has 1 aromatic heterocycles. The fourth-order valence-electron chi connectivity index (χ4n) is 2.74. The van der Waals surface area contributed by atoms with Gasteiger partial charge in [-0.3, -0.25) is 4.79 Å². The monoisotopic (exact) mass is 400 g/mol. The van der Waals surface area contributed by atoms with Gasteiger partial charge in [0, 0.05) is 19.6 Å². The van der Waals surface area contributed by atoms with E-state index >= 15 is 0 Å². The van der Waals surface area contributed by atoms with E-state index in [1.807, 2.05) is 31.2 Å². The lowest BCUT2D eigenvalue weighted by molar-refractivity contribution is -0.119. The van der Waals surface area contributed by atoms with Gasteiger partial charge in [0.1, 0.15) is 23.0 Å². The quantitative estimate of drug-likeness (QED) is 0.748. The summed E-state index contributed by atoms with van der Waals surface area (Å²) in [6.45, 7) is 4.66. The Morgan fingerprint density at radius 3 is 3.07 bits per heavy atom. The summed E-state index contributed by atoms with van der Waals surface area (Å²) >= 11 is 1.35. The molecule has 1 fully saturated rings. The van der Waals surface area contributed by atoms with Crippen molar-refractivity contribution in [2.45, 2.75) is 45.3 Å². The lowest BCUT2D eigenvalue weighted by atomic mass is 10.1. The zero-order valence-corrected chi connectivity index (χ0v) is 16.9. The predicted octanol–water partition coefficient (Wildman–Crippen LogP) is 3.76. The maximum absolute atomic E-state index is 11.0. The third kappa shape index (κ3) is 6.55. The predicted molar refractivity (Wildman–Crippen MR) is 108 cm³/mol. The Morgan fingerprint density at radius 2 is 2.29 bits per heavy atom. The highest BCUT2D eigenvalue weighted by Gasteiger charge is 2.14. The minimum absolute atomic E-state index is 0.104. The lowest BCUT2D eigenvalue weighted by Gasteiger charge is -2.22. The van der Waals surface area contributed by atoms with Crippen LogP contribution in [0, 0.1) is 11.8 Å². The lowest BCUT2D eigenvalue weighted by Crippen LogP contribution is -2.28. The standard InChI is InChI=1S/C21H24N2O4S/c1-15(23-16(2)24)9-10-20-13-22-21(28-20)27-18-8-5-7-17(12-18)26-14-19-6-3-4-11-25-19/h5,7-8,12-13,15,19H,3-4,6,11,14H2,1-2H3,(H,23,24). The number of nitrogens with one attached hydrogen (secondary N) is 1. The average Bonchev–Trinajstić information content (AvgIpc) is 3.13. The van der Waals surface area contributed by atoms with E-state index in [1.54, 1.807) is 6.20 Å². The van der Waals surface area contributed by atoms with Crippen molar-refractivity contribution in [1.29, 1.82) is 0 Å². The molecule has 3 rings (SSSR count). The van der Waals surface area contributed by atoms with E-state index in [1.165, 1.54) is 24.7 Å². The summed E-state index contributed by atoms with van der Waals surface area (Å²) in [5.41, 5.74) is 0. The first kappa shape index (κ1) is 20.2. The molecule has 1 aliphatic heterocycles. The zero-order chi connectivity index (χ0) is 19.8. The van der Waals surface area contributed by atoms with E-state index in [2.05, 4.69) is 22.1 Å². The van der Waals surface area contributed by atoms with Crippen LogP contribution < -0.4 is 14.8 Å². The van der Waals surface area contributed by atoms with Crippen LogP contribution in [0.3, 0.4) is 0 Å². The molecule has 2 atom stereocenters. The molecule has 28 heavy (non-hydrogen) atoms. The summed E-state index contributed by atoms with van der Waals surface area (Å²) in [5.74, 6) is 7.26. The van der Waals surface area contributed by atoms with Crippen molar-refractivity contribution >= 4 is 17.2 Å². The number of rotatable bonds is 6. The molecule has 148 valence electrons. The number of hydrogen-bond donors (Lipinski definition) is 1. The summed E-state index contributed by atoms with van der Waals surface area (Å²) in [5, 5.41) is 3.22. The van der Waals surface area contributed by atoms with E-state index in [9.17, 15) is 4.79 Å². The van der Waals surface area contributed by atoms with Gasteiger partial charge in [0.15, 0.2) is 0 Å². The second-order valence-electron chi connectivity index (χ2n) is 6.56. The number of aromatic nitrogens is 1. The fourth-order valence-corrected chi connectivity index (χ4v) is 3.39. The van der Waals surface area contributed by atoms with E-state index in [4.69, 9.17) is 14.2 Å². The smallest absolute Gasteiger partial charge is 0.279 e. The van der Waals surface area contributed by atoms with Crippen LogP contribution in [0.5, 0.6) is 16.7 Å². The molecule has 1 aromatic carbocycles. The molecule has 0 saturated carbocycles. The molecule has 1 saturated heterocycles. The number of nitrogens with zero attached hydrogens (tertiary/aromatic N) is 1. The Balaban J connectivity index is 1.54. The molecule has 7 heteroatoms. The van der Waals surface area contributed by atoms with Crippen LogP contribution in [-0.2, 0) is 9.53 Å². The SMILES string of the molecule is CC(=O)NC(C)C#Cc1cnc(Oc2cccc(OCC3CCCCO3)c2)s1. The van der Waals surface area contributed by atoms with E-state index in [0.717, 1.165) is 30.1 Å². The first-order valence-corrected chi connectivity index (χ1v) is 10.2. The number of thiazole rings is 1. The summed E-state index contributed by atoms with van der Waals surface area (Å²) in [6.07, 6.45) is 5.19. The van der Waals surface area contributed by atoms with Gasteiger partial charge in [-0.15, -0.1) is 0 Å². The summed E-state index contributed by atoms with van der Waals surface area (Å²) < 4.78 is 17.4. The van der Waals surface area contributed by atoms with Crippen LogP contribution >= 0.6 is 11.3 Å². The molecule has 2 unspecified atom stereocenters. The minimum atomic E-state index is -0.217. The van der Waals surface area contributed by atoms with Crippen molar-refractivity contribution in [2.24, 2.45) is 0 Å². The van der Waals surface area contributed by atoms with Crippen LogP contribution in [0.25, 0.3) is 0 Å². The first-order valence-electron chi connectivity index (χ1n) is 9.35. The Kier molecular flexibility index (Phi) is 7.29. The van der Waals surface area contributed by atoms with E-state index < -0.39 is 0 Å². The topological polar surface area (TPSA) is 69.7 Å². The Hall–Kier alpha value is -2.56. The molecule has 0 aliphatic carbocycles.